The molecular formula is C27H25BrN4O4S2. The van der Waals surface area contributed by atoms with Crippen molar-refractivity contribution in [3.05, 3.63) is 94.4 Å². The smallest absolute Gasteiger partial charge is 0.229 e. The number of halogens is 1. The van der Waals surface area contributed by atoms with Crippen LogP contribution >= 0.6 is 28.1 Å². The van der Waals surface area contributed by atoms with Crippen LogP contribution in [0.1, 0.15) is 29.1 Å². The van der Waals surface area contributed by atoms with E-state index in [4.69, 9.17) is 21.4 Å². The molecule has 8 nitrogen and oxygen atoms in total. The van der Waals surface area contributed by atoms with Crippen LogP contribution in [0.2, 0.25) is 0 Å². The van der Waals surface area contributed by atoms with Crippen molar-refractivity contribution >= 4 is 54.7 Å². The summed E-state index contributed by atoms with van der Waals surface area (Å²) in [5, 5.41) is 3.84. The van der Waals surface area contributed by atoms with E-state index >= 15 is 0 Å². The van der Waals surface area contributed by atoms with Gasteiger partial charge in [-0.3, -0.25) is 9.71 Å². The van der Waals surface area contributed by atoms with Crippen LogP contribution in [0.25, 0.3) is 11.3 Å². The highest BCUT2D eigenvalue weighted by Crippen LogP contribution is 2.44. The molecule has 2 N–H and O–H groups in total. The molecule has 4 aromatic rings. The van der Waals surface area contributed by atoms with Crippen molar-refractivity contribution in [3.8, 4) is 17.1 Å². The predicted molar refractivity (Wildman–Crippen MR) is 156 cm³/mol. The Balaban J connectivity index is 1.62. The summed E-state index contributed by atoms with van der Waals surface area (Å²) in [6.07, 6.45) is 2.83. The number of pyridine rings is 1. The standard InChI is InChI=1S/C27H25BrN4O4S2/c1-16-7-9-18(19(28)14-16)22-11-12-24(36-22)26-25(20-6-4-5-13-29-20)30-27(37)32(26)17-8-10-23(35-2)21(15-17)31-38(3,33)34/h4-15,25-26,31H,1-3H3,(H,30,37)/t25-,26-/m1/s1. The molecule has 0 spiro atoms. The summed E-state index contributed by atoms with van der Waals surface area (Å²) in [6, 6.07) is 20.2. The second kappa shape index (κ2) is 10.4. The number of nitrogens with one attached hydrogen (secondary N) is 2. The number of sulfonamides is 1. The van der Waals surface area contributed by atoms with Crippen molar-refractivity contribution in [1.82, 2.24) is 10.3 Å². The number of benzene rings is 2. The largest absolute Gasteiger partial charge is 0.495 e. The lowest BCUT2D eigenvalue weighted by atomic mass is 10.0. The SMILES string of the molecule is COc1ccc(N2C(=S)N[C@H](c3ccccn3)[C@H]2c2ccc(-c3ccc(C)cc3Br)o2)cc1NS(C)(=O)=O. The first-order valence-corrected chi connectivity index (χ1v) is 14.8. The van der Waals surface area contributed by atoms with E-state index in [1.54, 1.807) is 18.3 Å². The molecule has 1 aliphatic rings. The number of nitrogens with zero attached hydrogens (tertiary/aromatic N) is 2. The fourth-order valence-corrected chi connectivity index (χ4v) is 6.12. The minimum Gasteiger partial charge on any atom is -0.495 e. The maximum absolute atomic E-state index is 12.0. The van der Waals surface area contributed by atoms with E-state index in [-0.39, 0.29) is 6.04 Å². The summed E-state index contributed by atoms with van der Waals surface area (Å²) >= 11 is 9.44. The molecule has 0 bridgehead atoms. The Kier molecular flexibility index (Phi) is 7.17. The number of methoxy groups -OCH3 is 1. The van der Waals surface area contributed by atoms with Gasteiger partial charge in [0.15, 0.2) is 5.11 Å². The molecule has 11 heteroatoms. The fraction of sp³-hybridized carbons (Fsp3) is 0.185. The van der Waals surface area contributed by atoms with Crippen LogP contribution < -0.4 is 19.7 Å². The summed E-state index contributed by atoms with van der Waals surface area (Å²) in [4.78, 5) is 6.48. The van der Waals surface area contributed by atoms with Gasteiger partial charge < -0.3 is 19.4 Å². The number of rotatable bonds is 7. The third-order valence-electron chi connectivity index (χ3n) is 6.16. The summed E-state index contributed by atoms with van der Waals surface area (Å²) in [5.74, 6) is 1.77. The van der Waals surface area contributed by atoms with Crippen LogP contribution in [0.5, 0.6) is 5.75 Å². The molecule has 0 unspecified atom stereocenters. The molecular weight excluding hydrogens is 588 g/mol. The Morgan fingerprint density at radius 1 is 1.13 bits per heavy atom. The van der Waals surface area contributed by atoms with E-state index in [1.807, 2.05) is 66.4 Å². The van der Waals surface area contributed by atoms with Crippen molar-refractivity contribution in [2.45, 2.75) is 19.0 Å². The Hall–Kier alpha value is -3.41. The molecule has 0 radical (unpaired) electrons. The minimum atomic E-state index is -3.55. The van der Waals surface area contributed by atoms with Gasteiger partial charge in [-0.25, -0.2) is 8.42 Å². The molecule has 1 fully saturated rings. The second-order valence-corrected chi connectivity index (χ2v) is 11.9. The molecule has 0 amide bonds. The molecule has 0 saturated carbocycles. The number of aromatic nitrogens is 1. The Labute approximate surface area is 235 Å². The van der Waals surface area contributed by atoms with Gasteiger partial charge in [0.1, 0.15) is 23.3 Å². The monoisotopic (exact) mass is 612 g/mol. The summed E-state index contributed by atoms with van der Waals surface area (Å²) in [6.45, 7) is 2.03. The maximum atomic E-state index is 12.0. The van der Waals surface area contributed by atoms with Crippen molar-refractivity contribution in [3.63, 3.8) is 0 Å². The van der Waals surface area contributed by atoms with Gasteiger partial charge >= 0.3 is 0 Å². The normalized spacial score (nSPS) is 17.4. The average Bonchev–Trinajstić information content (AvgIpc) is 3.48. The second-order valence-electron chi connectivity index (χ2n) is 8.94. The summed E-state index contributed by atoms with van der Waals surface area (Å²) in [7, 11) is -2.06. The number of ether oxygens (including phenoxy) is 1. The topological polar surface area (TPSA) is 96.7 Å². The predicted octanol–water partition coefficient (Wildman–Crippen LogP) is 5.97. The molecule has 196 valence electrons. The number of aryl methyl sites for hydroxylation is 1. The molecule has 38 heavy (non-hydrogen) atoms. The van der Waals surface area contributed by atoms with Gasteiger partial charge in [-0.15, -0.1) is 0 Å². The lowest BCUT2D eigenvalue weighted by molar-refractivity contribution is 0.416. The van der Waals surface area contributed by atoms with Crippen LogP contribution in [0.15, 0.2) is 81.8 Å². The fourth-order valence-electron chi connectivity index (χ4n) is 4.52. The lowest BCUT2D eigenvalue weighted by Gasteiger charge is -2.27. The van der Waals surface area contributed by atoms with Crippen LogP contribution in [0, 0.1) is 6.92 Å². The maximum Gasteiger partial charge on any atom is 0.229 e. The molecule has 2 atom stereocenters. The third-order valence-corrected chi connectivity index (χ3v) is 7.72. The quantitative estimate of drug-likeness (QED) is 0.246. The molecule has 1 saturated heterocycles. The van der Waals surface area contributed by atoms with Gasteiger partial charge in [0.2, 0.25) is 10.0 Å². The van der Waals surface area contributed by atoms with Crippen molar-refractivity contribution in [2.75, 3.05) is 23.0 Å². The first-order valence-electron chi connectivity index (χ1n) is 11.7. The van der Waals surface area contributed by atoms with E-state index in [0.717, 1.165) is 27.5 Å². The van der Waals surface area contributed by atoms with Crippen LogP contribution in [0.3, 0.4) is 0 Å². The molecule has 3 heterocycles. The number of anilines is 2. The van der Waals surface area contributed by atoms with Gasteiger partial charge in [-0.1, -0.05) is 28.1 Å². The Bertz CT molecular complexity index is 1610. The third kappa shape index (κ3) is 5.27. The van der Waals surface area contributed by atoms with Crippen LogP contribution in [0.4, 0.5) is 11.4 Å². The minimum absolute atomic E-state index is 0.305. The van der Waals surface area contributed by atoms with E-state index in [2.05, 4.69) is 31.0 Å². The number of thiocarbonyl (C=S) groups is 1. The van der Waals surface area contributed by atoms with Gasteiger partial charge in [0.05, 0.1) is 30.8 Å². The molecule has 5 rings (SSSR count). The Morgan fingerprint density at radius 2 is 1.95 bits per heavy atom. The molecule has 0 aliphatic carbocycles. The van der Waals surface area contributed by atoms with E-state index < -0.39 is 16.1 Å². The zero-order chi connectivity index (χ0) is 27.0. The highest BCUT2D eigenvalue weighted by atomic mass is 79.9. The van der Waals surface area contributed by atoms with Crippen LogP contribution in [-0.4, -0.2) is 31.9 Å². The van der Waals surface area contributed by atoms with E-state index in [0.29, 0.717) is 33.8 Å². The number of hydrogen-bond donors (Lipinski definition) is 2. The number of furan rings is 1. The first-order chi connectivity index (χ1) is 18.1. The van der Waals surface area contributed by atoms with E-state index in [1.165, 1.54) is 7.11 Å². The molecule has 2 aromatic heterocycles. The van der Waals surface area contributed by atoms with E-state index in [9.17, 15) is 8.42 Å². The summed E-state index contributed by atoms with van der Waals surface area (Å²) < 4.78 is 39.4. The highest BCUT2D eigenvalue weighted by Gasteiger charge is 2.43. The highest BCUT2D eigenvalue weighted by molar-refractivity contribution is 9.10. The zero-order valence-corrected chi connectivity index (χ0v) is 24.0. The van der Waals surface area contributed by atoms with Crippen molar-refractivity contribution < 1.29 is 17.6 Å². The number of hydrogen-bond acceptors (Lipinski definition) is 6. The first kappa shape index (κ1) is 26.2. The Morgan fingerprint density at radius 3 is 2.63 bits per heavy atom. The zero-order valence-electron chi connectivity index (χ0n) is 20.8. The van der Waals surface area contributed by atoms with Crippen molar-refractivity contribution in [1.29, 1.82) is 0 Å². The van der Waals surface area contributed by atoms with Crippen molar-refractivity contribution in [2.24, 2.45) is 0 Å². The van der Waals surface area contributed by atoms with Gasteiger partial charge in [-0.05, 0) is 79.3 Å². The van der Waals surface area contributed by atoms with Crippen LogP contribution in [-0.2, 0) is 10.0 Å². The van der Waals surface area contributed by atoms with Gasteiger partial charge in [0.25, 0.3) is 0 Å². The average molecular weight is 614 g/mol. The van der Waals surface area contributed by atoms with Gasteiger partial charge in [-0.2, -0.15) is 0 Å². The van der Waals surface area contributed by atoms with Gasteiger partial charge in [0, 0.05) is 21.9 Å². The summed E-state index contributed by atoms with van der Waals surface area (Å²) in [5.41, 5.74) is 3.82. The molecule has 1 aliphatic heterocycles. The molecule has 2 aromatic carbocycles. The lowest BCUT2D eigenvalue weighted by Crippen LogP contribution is -2.29.